The number of hydrogen-bond donors (Lipinski definition) is 4. The maximum atomic E-state index is 13.6. The van der Waals surface area contributed by atoms with Crippen molar-refractivity contribution in [3.05, 3.63) is 65.6 Å². The molecule has 0 spiro atoms. The fraction of sp³-hybridized carbons (Fsp3) is 0.143. The monoisotopic (exact) mass is 442 g/mol. The second-order valence-electron chi connectivity index (χ2n) is 6.96. The summed E-state index contributed by atoms with van der Waals surface area (Å²) in [7, 11) is 1.41. The number of carbonyl (C=O) groups is 2. The van der Waals surface area contributed by atoms with Crippen molar-refractivity contribution in [2.45, 2.75) is 12.6 Å². The second kappa shape index (κ2) is 8.17. The molecule has 4 rings (SSSR count). The number of nitrogens with zero attached hydrogens (tertiary/aromatic N) is 2. The van der Waals surface area contributed by atoms with Crippen LogP contribution in [0.25, 0.3) is 0 Å². The molecule has 0 unspecified atom stereocenters. The van der Waals surface area contributed by atoms with Crippen LogP contribution in [0.3, 0.4) is 0 Å². The molecule has 2 amide bonds. The summed E-state index contributed by atoms with van der Waals surface area (Å²) in [6.45, 7) is 0. The number of hydrogen-bond acceptors (Lipinski definition) is 6. The molecule has 164 valence electrons. The third kappa shape index (κ3) is 4.31. The number of aromatic nitrogens is 2. The van der Waals surface area contributed by atoms with Crippen LogP contribution in [-0.4, -0.2) is 28.8 Å². The van der Waals surface area contributed by atoms with Gasteiger partial charge >= 0.3 is 6.18 Å². The zero-order chi connectivity index (χ0) is 22.9. The molecular formula is C21H17F3N6O2. The smallest absolute Gasteiger partial charge is 0.355 e. The highest BCUT2D eigenvalue weighted by molar-refractivity contribution is 6.00. The van der Waals surface area contributed by atoms with Gasteiger partial charge in [0.15, 0.2) is 0 Å². The first-order valence-corrected chi connectivity index (χ1v) is 9.45. The Morgan fingerprint density at radius 3 is 2.66 bits per heavy atom. The molecule has 0 saturated heterocycles. The molecule has 0 saturated carbocycles. The molecule has 3 aromatic rings. The van der Waals surface area contributed by atoms with Crippen LogP contribution in [0.2, 0.25) is 0 Å². The number of rotatable bonds is 5. The molecule has 8 nitrogen and oxygen atoms in total. The summed E-state index contributed by atoms with van der Waals surface area (Å²) in [4.78, 5) is 31.3. The maximum absolute atomic E-state index is 13.6. The van der Waals surface area contributed by atoms with E-state index in [-0.39, 0.29) is 35.1 Å². The Hall–Kier alpha value is -4.15. The molecule has 1 aromatic carbocycles. The van der Waals surface area contributed by atoms with Gasteiger partial charge in [0.2, 0.25) is 5.91 Å². The van der Waals surface area contributed by atoms with Crippen molar-refractivity contribution in [3.63, 3.8) is 0 Å². The molecule has 4 N–H and O–H groups in total. The van der Waals surface area contributed by atoms with Crippen molar-refractivity contribution in [3.8, 4) is 0 Å². The van der Waals surface area contributed by atoms with E-state index in [1.54, 1.807) is 18.2 Å². The normalized spacial score (nSPS) is 12.7. The zero-order valence-corrected chi connectivity index (χ0v) is 16.7. The van der Waals surface area contributed by atoms with Crippen LogP contribution in [0, 0.1) is 0 Å². The minimum atomic E-state index is -4.67. The Morgan fingerprint density at radius 1 is 1.09 bits per heavy atom. The molecule has 0 aliphatic carbocycles. The average Bonchev–Trinajstić information content (AvgIpc) is 3.12. The van der Waals surface area contributed by atoms with Crippen molar-refractivity contribution in [2.24, 2.45) is 0 Å². The van der Waals surface area contributed by atoms with Gasteiger partial charge in [-0.3, -0.25) is 14.6 Å². The number of halogens is 3. The van der Waals surface area contributed by atoms with E-state index in [0.29, 0.717) is 17.6 Å². The van der Waals surface area contributed by atoms with Gasteiger partial charge in [-0.25, -0.2) is 4.98 Å². The van der Waals surface area contributed by atoms with E-state index in [0.717, 1.165) is 5.56 Å². The van der Waals surface area contributed by atoms with Gasteiger partial charge in [0.05, 0.1) is 28.9 Å². The number of alkyl halides is 3. The topological polar surface area (TPSA) is 108 Å². The van der Waals surface area contributed by atoms with E-state index in [9.17, 15) is 22.8 Å². The lowest BCUT2D eigenvalue weighted by atomic mass is 10.1. The lowest BCUT2D eigenvalue weighted by Crippen LogP contribution is -2.19. The summed E-state index contributed by atoms with van der Waals surface area (Å²) < 4.78 is 40.8. The van der Waals surface area contributed by atoms with E-state index >= 15 is 0 Å². The van der Waals surface area contributed by atoms with Crippen LogP contribution in [0.15, 0.2) is 48.9 Å². The number of nitrogens with one attached hydrogen (secondary N) is 4. The average molecular weight is 442 g/mol. The number of anilines is 5. The summed E-state index contributed by atoms with van der Waals surface area (Å²) in [5.74, 6) is -0.475. The minimum absolute atomic E-state index is 0.0882. The molecule has 0 atom stereocenters. The molecule has 11 heteroatoms. The molecule has 1 aliphatic heterocycles. The Balaban J connectivity index is 1.68. The lowest BCUT2D eigenvalue weighted by molar-refractivity contribution is -0.137. The van der Waals surface area contributed by atoms with Gasteiger partial charge in [-0.05, 0) is 29.8 Å². The van der Waals surface area contributed by atoms with Gasteiger partial charge in [-0.15, -0.1) is 0 Å². The Morgan fingerprint density at radius 2 is 1.91 bits per heavy atom. The Labute approximate surface area is 180 Å². The third-order valence-corrected chi connectivity index (χ3v) is 4.77. The molecule has 0 bridgehead atoms. The van der Waals surface area contributed by atoms with Gasteiger partial charge in [-0.2, -0.15) is 13.2 Å². The highest BCUT2D eigenvalue weighted by Crippen LogP contribution is 2.37. The van der Waals surface area contributed by atoms with Crippen LogP contribution in [0.4, 0.5) is 41.7 Å². The summed E-state index contributed by atoms with van der Waals surface area (Å²) >= 11 is 0. The number of amides is 2. The van der Waals surface area contributed by atoms with Crippen molar-refractivity contribution in [1.29, 1.82) is 0 Å². The minimum Gasteiger partial charge on any atom is -0.355 e. The van der Waals surface area contributed by atoms with E-state index in [2.05, 4.69) is 31.2 Å². The van der Waals surface area contributed by atoms with E-state index in [1.165, 1.54) is 31.6 Å². The molecule has 0 fully saturated rings. The van der Waals surface area contributed by atoms with Crippen molar-refractivity contribution in [1.82, 2.24) is 15.3 Å². The summed E-state index contributed by atoms with van der Waals surface area (Å²) in [5, 5.41) is 10.8. The first-order chi connectivity index (χ1) is 15.2. The van der Waals surface area contributed by atoms with Crippen LogP contribution in [-0.2, 0) is 17.4 Å². The number of fused-ring (bicyclic) bond motifs is 1. The number of benzene rings is 1. The van der Waals surface area contributed by atoms with Crippen LogP contribution in [0.5, 0.6) is 0 Å². The molecule has 32 heavy (non-hydrogen) atoms. The SMILES string of the molecule is CNC(=O)c1cnccc1Nc1cc(Nc2ccc3c(c2)CC(=O)N3)ncc1C(F)(F)F. The fourth-order valence-electron chi connectivity index (χ4n) is 3.27. The summed E-state index contributed by atoms with van der Waals surface area (Å²) in [6.07, 6.45) is -1.11. The quantitative estimate of drug-likeness (QED) is 0.478. The Bertz CT molecular complexity index is 1210. The van der Waals surface area contributed by atoms with Gasteiger partial charge in [-0.1, -0.05) is 0 Å². The van der Waals surface area contributed by atoms with Crippen molar-refractivity contribution in [2.75, 3.05) is 23.0 Å². The van der Waals surface area contributed by atoms with E-state index < -0.39 is 17.6 Å². The van der Waals surface area contributed by atoms with E-state index in [4.69, 9.17) is 0 Å². The summed E-state index contributed by atoms with van der Waals surface area (Å²) in [6, 6.07) is 7.73. The standard InChI is InChI=1S/C21H17F3N6O2/c1-25-20(32)13-9-26-5-4-16(13)29-17-8-18(27-10-14(17)21(22,23)24)28-12-2-3-15-11(6-12)7-19(31)30-15/h2-6,8-10H,7H2,1H3,(H,25,32)(H,30,31)(H2,26,27,28,29). The van der Waals surface area contributed by atoms with Crippen LogP contribution >= 0.6 is 0 Å². The van der Waals surface area contributed by atoms with Crippen LogP contribution < -0.4 is 21.3 Å². The van der Waals surface area contributed by atoms with Crippen LogP contribution in [0.1, 0.15) is 21.5 Å². The van der Waals surface area contributed by atoms with Crippen molar-refractivity contribution >= 4 is 40.4 Å². The highest BCUT2D eigenvalue weighted by atomic mass is 19.4. The number of carbonyl (C=O) groups excluding carboxylic acids is 2. The largest absolute Gasteiger partial charge is 0.419 e. The highest BCUT2D eigenvalue weighted by Gasteiger charge is 2.34. The molecule has 2 aromatic heterocycles. The van der Waals surface area contributed by atoms with Gasteiger partial charge in [0.25, 0.3) is 5.91 Å². The molecular weight excluding hydrogens is 425 g/mol. The fourth-order valence-corrected chi connectivity index (χ4v) is 3.27. The predicted molar refractivity (Wildman–Crippen MR) is 112 cm³/mol. The van der Waals surface area contributed by atoms with Gasteiger partial charge < -0.3 is 21.3 Å². The van der Waals surface area contributed by atoms with Gasteiger partial charge in [0, 0.05) is 43.1 Å². The van der Waals surface area contributed by atoms with Gasteiger partial charge in [0.1, 0.15) is 5.82 Å². The first-order valence-electron chi connectivity index (χ1n) is 9.45. The van der Waals surface area contributed by atoms with E-state index in [1.807, 2.05) is 0 Å². The summed E-state index contributed by atoms with van der Waals surface area (Å²) in [5.41, 5.74) is 0.999. The molecule has 1 aliphatic rings. The maximum Gasteiger partial charge on any atom is 0.419 e. The Kier molecular flexibility index (Phi) is 5.39. The molecule has 3 heterocycles. The van der Waals surface area contributed by atoms with Crippen molar-refractivity contribution < 1.29 is 22.8 Å². The second-order valence-corrected chi connectivity index (χ2v) is 6.96. The number of pyridine rings is 2. The third-order valence-electron chi connectivity index (χ3n) is 4.77. The predicted octanol–water partition coefficient (Wildman–Crippen LogP) is 3.84. The molecule has 0 radical (unpaired) electrons. The zero-order valence-electron chi connectivity index (χ0n) is 16.7. The lowest BCUT2D eigenvalue weighted by Gasteiger charge is -2.17. The first kappa shape index (κ1) is 21.1.